The zero-order valence-corrected chi connectivity index (χ0v) is 15.2. The Balaban J connectivity index is 1.72. The molecule has 1 aliphatic carbocycles. The van der Waals surface area contributed by atoms with Gasteiger partial charge in [-0.2, -0.15) is 0 Å². The Morgan fingerprint density at radius 1 is 1.07 bits per heavy atom. The maximum absolute atomic E-state index is 11.6. The highest BCUT2D eigenvalue weighted by Crippen LogP contribution is 2.54. The van der Waals surface area contributed by atoms with E-state index in [2.05, 4.69) is 47.8 Å². The van der Waals surface area contributed by atoms with Crippen LogP contribution < -0.4 is 5.32 Å². The van der Waals surface area contributed by atoms with E-state index >= 15 is 0 Å². The predicted octanol–water partition coefficient (Wildman–Crippen LogP) is 6.23. The van der Waals surface area contributed by atoms with E-state index in [1.807, 2.05) is 12.1 Å². The number of anilines is 1. The molecule has 0 aromatic heterocycles. The van der Waals surface area contributed by atoms with Crippen molar-refractivity contribution in [2.45, 2.75) is 18.4 Å². The molecule has 0 radical (unpaired) electrons. The number of halogens is 1. The second kappa shape index (κ2) is 6.10. The highest BCUT2D eigenvalue weighted by molar-refractivity contribution is 6.33. The lowest BCUT2D eigenvalue weighted by molar-refractivity contribution is -0.385. The molecule has 4 nitrogen and oxygen atoms in total. The number of rotatable bonds is 2. The van der Waals surface area contributed by atoms with Gasteiger partial charge in [0.1, 0.15) is 0 Å². The van der Waals surface area contributed by atoms with Gasteiger partial charge in [0.2, 0.25) is 0 Å². The molecule has 1 aliphatic heterocycles. The summed E-state index contributed by atoms with van der Waals surface area (Å²) in [5.74, 6) is 0.213. The molecular formula is C22H17ClN2O2. The minimum absolute atomic E-state index is 0.00989. The highest BCUT2D eigenvalue weighted by atomic mass is 35.5. The zero-order chi connectivity index (χ0) is 18.5. The Labute approximate surface area is 161 Å². The van der Waals surface area contributed by atoms with Crippen LogP contribution in [0.1, 0.15) is 29.5 Å². The standard InChI is InChI=1S/C22H17ClN2O2/c23-18-11-12-19(25(26)27)20-15-8-4-10-17(15)21(24-22(18)20)16-9-3-6-13-5-1-2-7-14(13)16/h1-9,11-12,15,17,21,24H,10H2/t15-,17+,21-/m1/s1. The molecule has 0 bridgehead atoms. The number of nitrogens with one attached hydrogen (secondary N) is 1. The molecule has 0 spiro atoms. The van der Waals surface area contributed by atoms with Crippen molar-refractivity contribution < 1.29 is 4.92 Å². The molecule has 3 atom stereocenters. The van der Waals surface area contributed by atoms with E-state index in [4.69, 9.17) is 11.6 Å². The Morgan fingerprint density at radius 3 is 2.74 bits per heavy atom. The zero-order valence-electron chi connectivity index (χ0n) is 14.4. The van der Waals surface area contributed by atoms with Gasteiger partial charge in [-0.05, 0) is 34.7 Å². The van der Waals surface area contributed by atoms with Gasteiger partial charge in [0.05, 0.1) is 27.2 Å². The fraction of sp³-hybridized carbons (Fsp3) is 0.182. The fourth-order valence-corrected chi connectivity index (χ4v) is 4.86. The molecule has 0 saturated carbocycles. The first kappa shape index (κ1) is 16.3. The van der Waals surface area contributed by atoms with E-state index < -0.39 is 0 Å². The summed E-state index contributed by atoms with van der Waals surface area (Å²) < 4.78 is 0. The third kappa shape index (κ3) is 2.44. The first-order valence-electron chi connectivity index (χ1n) is 9.03. The normalized spacial score (nSPS) is 22.9. The van der Waals surface area contributed by atoms with Gasteiger partial charge in [-0.15, -0.1) is 0 Å². The molecule has 1 heterocycles. The molecular weight excluding hydrogens is 360 g/mol. The number of allylic oxidation sites excluding steroid dienone is 2. The van der Waals surface area contributed by atoms with E-state index in [0.29, 0.717) is 16.3 Å². The molecule has 134 valence electrons. The maximum Gasteiger partial charge on any atom is 0.275 e. The van der Waals surface area contributed by atoms with E-state index in [0.717, 1.165) is 6.42 Å². The third-order valence-corrected chi connectivity index (χ3v) is 6.12. The minimum atomic E-state index is -0.307. The number of benzene rings is 3. The lowest BCUT2D eigenvalue weighted by Crippen LogP contribution is -2.30. The molecule has 0 amide bonds. The summed E-state index contributed by atoms with van der Waals surface area (Å²) in [6.07, 6.45) is 5.12. The quantitative estimate of drug-likeness (QED) is 0.327. The SMILES string of the molecule is O=[N+]([O-])c1ccc(Cl)c2c1[C@@H]1C=CC[C@@H]1[C@@H](c1cccc3ccccc13)N2. The summed E-state index contributed by atoms with van der Waals surface area (Å²) in [5, 5.41) is 18.1. The van der Waals surface area contributed by atoms with Gasteiger partial charge in [0.25, 0.3) is 5.69 Å². The van der Waals surface area contributed by atoms with Crippen LogP contribution in [-0.2, 0) is 0 Å². The van der Waals surface area contributed by atoms with Crippen molar-refractivity contribution in [3.05, 3.63) is 93.0 Å². The maximum atomic E-state index is 11.6. The molecule has 5 rings (SSSR count). The molecule has 2 aliphatic rings. The van der Waals surface area contributed by atoms with E-state index in [1.54, 1.807) is 6.07 Å². The number of nitro groups is 1. The number of hydrogen-bond donors (Lipinski definition) is 1. The monoisotopic (exact) mass is 376 g/mol. The van der Waals surface area contributed by atoms with Crippen LogP contribution in [0, 0.1) is 16.0 Å². The van der Waals surface area contributed by atoms with E-state index in [9.17, 15) is 10.1 Å². The summed E-state index contributed by atoms with van der Waals surface area (Å²) in [5.41, 5.74) is 2.75. The van der Waals surface area contributed by atoms with Crippen molar-refractivity contribution in [3.63, 3.8) is 0 Å². The van der Waals surface area contributed by atoms with Gasteiger partial charge in [-0.1, -0.05) is 66.2 Å². The van der Waals surface area contributed by atoms with E-state index in [-0.39, 0.29) is 28.5 Å². The van der Waals surface area contributed by atoms with Crippen LogP contribution in [0.25, 0.3) is 10.8 Å². The summed E-state index contributed by atoms with van der Waals surface area (Å²) >= 11 is 6.47. The van der Waals surface area contributed by atoms with Crippen LogP contribution in [0.4, 0.5) is 11.4 Å². The van der Waals surface area contributed by atoms with Gasteiger partial charge in [-0.3, -0.25) is 10.1 Å². The number of fused-ring (bicyclic) bond motifs is 4. The Morgan fingerprint density at radius 2 is 1.89 bits per heavy atom. The average Bonchev–Trinajstić information content (AvgIpc) is 3.17. The molecule has 0 unspecified atom stereocenters. The second-order valence-corrected chi connectivity index (χ2v) is 7.56. The molecule has 3 aromatic rings. The molecule has 1 N–H and O–H groups in total. The lowest BCUT2D eigenvalue weighted by atomic mass is 9.75. The highest BCUT2D eigenvalue weighted by Gasteiger charge is 2.42. The fourth-order valence-electron chi connectivity index (χ4n) is 4.64. The number of nitrogens with zero attached hydrogens (tertiary/aromatic N) is 1. The third-order valence-electron chi connectivity index (χ3n) is 5.80. The first-order valence-corrected chi connectivity index (χ1v) is 9.40. The van der Waals surface area contributed by atoms with Crippen LogP contribution in [0.15, 0.2) is 66.7 Å². The molecule has 0 saturated heterocycles. The predicted molar refractivity (Wildman–Crippen MR) is 108 cm³/mol. The van der Waals surface area contributed by atoms with Gasteiger partial charge < -0.3 is 5.32 Å². The number of nitro benzene ring substituents is 1. The van der Waals surface area contributed by atoms with Crippen molar-refractivity contribution in [2.24, 2.45) is 5.92 Å². The van der Waals surface area contributed by atoms with Crippen molar-refractivity contribution in [1.29, 1.82) is 0 Å². The second-order valence-electron chi connectivity index (χ2n) is 7.16. The van der Waals surface area contributed by atoms with Crippen molar-refractivity contribution in [2.75, 3.05) is 5.32 Å². The Hall–Kier alpha value is -2.85. The molecule has 5 heteroatoms. The van der Waals surface area contributed by atoms with Crippen LogP contribution in [0.5, 0.6) is 0 Å². The van der Waals surface area contributed by atoms with Gasteiger partial charge in [0, 0.05) is 12.0 Å². The van der Waals surface area contributed by atoms with Gasteiger partial charge in [0.15, 0.2) is 0 Å². The van der Waals surface area contributed by atoms with Crippen LogP contribution in [-0.4, -0.2) is 4.92 Å². The topological polar surface area (TPSA) is 55.2 Å². The Kier molecular flexibility index (Phi) is 3.69. The smallest absolute Gasteiger partial charge is 0.275 e. The van der Waals surface area contributed by atoms with Crippen LogP contribution in [0.3, 0.4) is 0 Å². The molecule has 27 heavy (non-hydrogen) atoms. The average molecular weight is 377 g/mol. The van der Waals surface area contributed by atoms with Crippen molar-refractivity contribution >= 4 is 33.7 Å². The Bertz CT molecular complexity index is 1100. The first-order chi connectivity index (χ1) is 13.1. The van der Waals surface area contributed by atoms with Gasteiger partial charge >= 0.3 is 0 Å². The lowest BCUT2D eigenvalue weighted by Gasteiger charge is -2.38. The molecule has 0 fully saturated rings. The van der Waals surface area contributed by atoms with E-state index in [1.165, 1.54) is 22.4 Å². The minimum Gasteiger partial charge on any atom is -0.376 e. The van der Waals surface area contributed by atoms with Crippen molar-refractivity contribution in [3.8, 4) is 0 Å². The van der Waals surface area contributed by atoms with Crippen LogP contribution >= 0.6 is 11.6 Å². The van der Waals surface area contributed by atoms with Crippen LogP contribution in [0.2, 0.25) is 5.02 Å². The summed E-state index contributed by atoms with van der Waals surface area (Å²) in [7, 11) is 0. The number of hydrogen-bond acceptors (Lipinski definition) is 3. The van der Waals surface area contributed by atoms with Gasteiger partial charge in [-0.25, -0.2) is 0 Å². The largest absolute Gasteiger partial charge is 0.376 e. The molecule has 3 aromatic carbocycles. The summed E-state index contributed by atoms with van der Waals surface area (Å²) in [4.78, 5) is 11.3. The summed E-state index contributed by atoms with van der Waals surface area (Å²) in [6.45, 7) is 0. The summed E-state index contributed by atoms with van der Waals surface area (Å²) in [6, 6.07) is 17.8. The van der Waals surface area contributed by atoms with Crippen molar-refractivity contribution in [1.82, 2.24) is 0 Å².